The lowest BCUT2D eigenvalue weighted by Gasteiger charge is -2.29. The smallest absolute Gasteiger partial charge is 0.417 e. The van der Waals surface area contributed by atoms with E-state index in [-0.39, 0.29) is 84.0 Å². The molecule has 1 fully saturated rings. The summed E-state index contributed by atoms with van der Waals surface area (Å²) < 4.78 is 63.2. The first-order valence-corrected chi connectivity index (χ1v) is 22.3. The number of carbonyl (C=O) groups excluding carboxylic acids is 6. The van der Waals surface area contributed by atoms with Gasteiger partial charge in [0.15, 0.2) is 0 Å². The number of hydrogen-bond donors (Lipinski definition) is 0. The Morgan fingerprint density at radius 3 is 1.64 bits per heavy atom. The van der Waals surface area contributed by atoms with Crippen molar-refractivity contribution in [1.29, 1.82) is 0 Å². The van der Waals surface area contributed by atoms with E-state index in [0.717, 1.165) is 31.2 Å². The molecule has 362 valence electrons. The maximum atomic E-state index is 16.3. The Kier molecular flexibility index (Phi) is 21.7. The summed E-state index contributed by atoms with van der Waals surface area (Å²) in [6.45, 7) is 11.1. The summed E-state index contributed by atoms with van der Waals surface area (Å²) in [7, 11) is 2.77. The van der Waals surface area contributed by atoms with E-state index in [9.17, 15) is 28.8 Å². The van der Waals surface area contributed by atoms with E-state index in [0.29, 0.717) is 11.5 Å². The molecule has 0 aliphatic heterocycles. The fourth-order valence-corrected chi connectivity index (χ4v) is 7.16. The lowest BCUT2D eigenvalue weighted by atomic mass is 9.77. The van der Waals surface area contributed by atoms with Gasteiger partial charge in [-0.2, -0.15) is 0 Å². The fourth-order valence-electron chi connectivity index (χ4n) is 7.16. The first-order valence-electron chi connectivity index (χ1n) is 22.3. The van der Waals surface area contributed by atoms with Crippen LogP contribution in [-0.2, 0) is 57.2 Å². The van der Waals surface area contributed by atoms with Crippen LogP contribution in [0.1, 0.15) is 83.6 Å². The SMILES string of the molecule is C=C(C)C(=O)Oc1cc(-c2ccc(C3CCC(CCCCC)CC3)cc2F)c(OC(=O)C(=C)C)cc1-c1ccc(OCC(COC(=O)C(=O)OCCOC)COC(=O)C(=O)OCCOC)cc1. The minimum atomic E-state index is -1.32. The van der Waals surface area contributed by atoms with Crippen LogP contribution in [0.25, 0.3) is 22.3 Å². The highest BCUT2D eigenvalue weighted by Gasteiger charge is 2.27. The average molecular weight is 933 g/mol. The van der Waals surface area contributed by atoms with E-state index in [1.165, 1.54) is 71.9 Å². The van der Waals surface area contributed by atoms with Gasteiger partial charge in [-0.25, -0.2) is 33.2 Å². The van der Waals surface area contributed by atoms with Gasteiger partial charge in [0.05, 0.1) is 25.7 Å². The quantitative estimate of drug-likeness (QED) is 0.0208. The van der Waals surface area contributed by atoms with Crippen LogP contribution in [0.5, 0.6) is 17.2 Å². The minimum absolute atomic E-state index is 0.0156. The molecule has 3 aromatic rings. The average Bonchev–Trinajstić information content (AvgIpc) is 3.31. The maximum Gasteiger partial charge on any atom is 0.417 e. The van der Waals surface area contributed by atoms with E-state index >= 15 is 4.39 Å². The van der Waals surface area contributed by atoms with Crippen LogP contribution in [-0.4, -0.2) is 96.3 Å². The minimum Gasteiger partial charge on any atom is -0.493 e. The van der Waals surface area contributed by atoms with Gasteiger partial charge < -0.3 is 42.6 Å². The number of halogens is 1. The van der Waals surface area contributed by atoms with Crippen molar-refractivity contribution in [3.8, 4) is 39.5 Å². The van der Waals surface area contributed by atoms with Crippen LogP contribution in [0.4, 0.5) is 4.39 Å². The third-order valence-corrected chi connectivity index (χ3v) is 10.9. The third-order valence-electron chi connectivity index (χ3n) is 10.9. The number of methoxy groups -OCH3 is 2. The van der Waals surface area contributed by atoms with Gasteiger partial charge in [0.2, 0.25) is 0 Å². The molecule has 4 rings (SSSR count). The first kappa shape index (κ1) is 53.2. The largest absolute Gasteiger partial charge is 0.493 e. The van der Waals surface area contributed by atoms with Crippen molar-refractivity contribution < 1.29 is 75.8 Å². The molecule has 3 aromatic carbocycles. The topological polar surface area (TPSA) is 185 Å². The Morgan fingerprint density at radius 1 is 0.612 bits per heavy atom. The number of carbonyl (C=O) groups is 6. The standard InChI is InChI=1S/C51H61FO15/c1-8-9-10-11-34-12-14-36(15-13-34)38-18-21-40(43(52)26-38)42-28-44(66-46(53)32(2)3)41(27-45(42)67-47(54)33(4)5)37-16-19-39(20-17-37)63-29-35(30-64-50(57)48(55)61-24-22-59-6)31-65-51(58)49(56)62-25-23-60-7/h16-21,26-28,34-36H,2,4,8-15,22-25,29-31H2,1,3,5-7H3. The lowest BCUT2D eigenvalue weighted by molar-refractivity contribution is -0.172. The van der Waals surface area contributed by atoms with Crippen molar-refractivity contribution in [2.75, 3.05) is 60.5 Å². The monoisotopic (exact) mass is 932 g/mol. The second kappa shape index (κ2) is 27.3. The molecule has 0 amide bonds. The van der Waals surface area contributed by atoms with Gasteiger partial charge in [-0.15, -0.1) is 0 Å². The highest BCUT2D eigenvalue weighted by atomic mass is 19.1. The molecule has 1 aliphatic rings. The van der Waals surface area contributed by atoms with Gasteiger partial charge in [-0.05, 0) is 92.8 Å². The summed E-state index contributed by atoms with van der Waals surface area (Å²) in [6.07, 6.45) is 9.04. The molecule has 0 bridgehead atoms. The summed E-state index contributed by atoms with van der Waals surface area (Å²) in [5.41, 5.74) is 2.11. The van der Waals surface area contributed by atoms with Gasteiger partial charge in [-0.3, -0.25) is 0 Å². The predicted octanol–water partition coefficient (Wildman–Crippen LogP) is 8.44. The summed E-state index contributed by atoms with van der Waals surface area (Å²) in [5, 5.41) is 0. The molecule has 1 saturated carbocycles. The fraction of sp³-hybridized carbons (Fsp3) is 0.451. The Balaban J connectivity index is 1.61. The molecule has 0 saturated heterocycles. The van der Waals surface area contributed by atoms with Crippen LogP contribution in [0.3, 0.4) is 0 Å². The Labute approximate surface area is 390 Å². The molecule has 15 nitrogen and oxygen atoms in total. The van der Waals surface area contributed by atoms with Gasteiger partial charge in [-0.1, -0.05) is 70.0 Å². The molecule has 0 atom stereocenters. The Bertz CT molecular complexity index is 2170. The highest BCUT2D eigenvalue weighted by Crippen LogP contribution is 2.44. The van der Waals surface area contributed by atoms with Crippen LogP contribution >= 0.6 is 0 Å². The number of esters is 6. The van der Waals surface area contributed by atoms with Crippen LogP contribution < -0.4 is 14.2 Å². The van der Waals surface area contributed by atoms with Gasteiger partial charge in [0.25, 0.3) is 0 Å². The van der Waals surface area contributed by atoms with E-state index in [2.05, 4.69) is 20.1 Å². The van der Waals surface area contributed by atoms with Crippen molar-refractivity contribution in [1.82, 2.24) is 0 Å². The number of benzene rings is 3. The van der Waals surface area contributed by atoms with Crippen molar-refractivity contribution in [2.45, 2.75) is 78.1 Å². The van der Waals surface area contributed by atoms with Crippen LogP contribution in [0, 0.1) is 17.7 Å². The number of hydrogen-bond acceptors (Lipinski definition) is 15. The molecular weight excluding hydrogens is 872 g/mol. The molecule has 67 heavy (non-hydrogen) atoms. The molecule has 0 spiro atoms. The summed E-state index contributed by atoms with van der Waals surface area (Å²) in [5.74, 6) is -6.94. The summed E-state index contributed by atoms with van der Waals surface area (Å²) >= 11 is 0. The summed E-state index contributed by atoms with van der Waals surface area (Å²) in [6, 6.07) is 14.3. The molecule has 16 heteroatoms. The third kappa shape index (κ3) is 16.8. The second-order valence-electron chi connectivity index (χ2n) is 16.3. The van der Waals surface area contributed by atoms with Crippen molar-refractivity contribution >= 4 is 35.8 Å². The van der Waals surface area contributed by atoms with E-state index < -0.39 is 60.8 Å². The zero-order valence-electron chi connectivity index (χ0n) is 39.0. The maximum absolute atomic E-state index is 16.3. The molecule has 1 aliphatic carbocycles. The van der Waals surface area contributed by atoms with Gasteiger partial charge in [0, 0.05) is 42.1 Å². The van der Waals surface area contributed by atoms with Crippen molar-refractivity contribution in [2.24, 2.45) is 11.8 Å². The number of unbranched alkanes of at least 4 members (excludes halogenated alkanes) is 2. The van der Waals surface area contributed by atoms with Crippen molar-refractivity contribution in [3.05, 3.63) is 90.3 Å². The first-order chi connectivity index (χ1) is 32.1. The van der Waals surface area contributed by atoms with E-state index in [1.807, 2.05) is 6.07 Å². The molecule has 0 N–H and O–H groups in total. The molecule has 0 heterocycles. The lowest BCUT2D eigenvalue weighted by Crippen LogP contribution is -2.31. The second-order valence-corrected chi connectivity index (χ2v) is 16.3. The van der Waals surface area contributed by atoms with Gasteiger partial charge >= 0.3 is 35.8 Å². The van der Waals surface area contributed by atoms with E-state index in [1.54, 1.807) is 30.3 Å². The molecule has 0 radical (unpaired) electrons. The Morgan fingerprint density at radius 2 is 1.13 bits per heavy atom. The van der Waals surface area contributed by atoms with Crippen LogP contribution in [0.15, 0.2) is 78.9 Å². The van der Waals surface area contributed by atoms with Crippen LogP contribution in [0.2, 0.25) is 0 Å². The highest BCUT2D eigenvalue weighted by molar-refractivity contribution is 6.30. The van der Waals surface area contributed by atoms with Crippen molar-refractivity contribution in [3.63, 3.8) is 0 Å². The molecular formula is C51H61FO15. The zero-order chi connectivity index (χ0) is 48.9. The zero-order valence-corrected chi connectivity index (χ0v) is 39.0. The number of rotatable bonds is 24. The molecule has 0 aromatic heterocycles. The normalized spacial score (nSPS) is 14.4. The van der Waals surface area contributed by atoms with E-state index in [4.69, 9.17) is 42.6 Å². The molecule has 0 unspecified atom stereocenters. The summed E-state index contributed by atoms with van der Waals surface area (Å²) in [4.78, 5) is 74.8. The van der Waals surface area contributed by atoms with Gasteiger partial charge in [0.1, 0.15) is 49.5 Å². The number of ether oxygens (including phenoxy) is 9. The predicted molar refractivity (Wildman–Crippen MR) is 244 cm³/mol. The Hall–Kier alpha value is -6.39.